The highest BCUT2D eigenvalue weighted by atomic mass is 16.2. The summed E-state index contributed by atoms with van der Waals surface area (Å²) in [7, 11) is 1.90. The third-order valence-electron chi connectivity index (χ3n) is 8.30. The Morgan fingerprint density at radius 3 is 2.73 bits per heavy atom. The molecule has 11 heteroatoms. The molecular weight excluding hydrogens is 518 g/mol. The number of carbonyl (C=O) groups excluding carboxylic acids is 2. The van der Waals surface area contributed by atoms with Gasteiger partial charge in [-0.2, -0.15) is 10.2 Å². The topological polar surface area (TPSA) is 126 Å². The number of fused-ring (bicyclic) bond motifs is 4. The zero-order valence-electron chi connectivity index (χ0n) is 23.6. The first-order valence-electron chi connectivity index (χ1n) is 14.1. The fraction of sp³-hybridized carbons (Fsp3) is 0.367. The van der Waals surface area contributed by atoms with E-state index in [0.717, 1.165) is 62.8 Å². The van der Waals surface area contributed by atoms with Gasteiger partial charge < -0.3 is 15.6 Å². The lowest BCUT2D eigenvalue weighted by Crippen LogP contribution is -2.49. The van der Waals surface area contributed by atoms with Crippen molar-refractivity contribution in [1.29, 1.82) is 0 Å². The van der Waals surface area contributed by atoms with Gasteiger partial charge in [0.15, 0.2) is 0 Å². The van der Waals surface area contributed by atoms with E-state index in [1.165, 1.54) is 0 Å². The molecule has 1 aliphatic carbocycles. The second-order valence-electron chi connectivity index (χ2n) is 11.5. The predicted octanol–water partition coefficient (Wildman–Crippen LogP) is 4.65. The molecule has 5 heterocycles. The molecule has 210 valence electrons. The number of hydrogen-bond acceptors (Lipinski definition) is 5. The number of nitrogens with zero attached hydrogens (tertiary/aromatic N) is 6. The minimum absolute atomic E-state index is 0.0454. The van der Waals surface area contributed by atoms with Gasteiger partial charge in [-0.3, -0.25) is 19.1 Å². The molecule has 0 bridgehead atoms. The molecule has 1 aromatic carbocycles. The van der Waals surface area contributed by atoms with Gasteiger partial charge in [0, 0.05) is 73.1 Å². The standard InChI is InChI=1S/C30H33N9O2/c1-16(2)39-24-8-5-18(9-19(24)13-34-39)25-26-28-20(11-31-29(26)36-27(25)21-14-33-37(4)15-21)12-32-30(41)38(28)23-7-6-22(10-23)35-17(3)40/h5,8-9,11,13-16,22-23H,6-7,10,12H2,1-4H3,(H,31,36)(H,32,41)(H,35,40)/t22-,23-/m1/s1. The average molecular weight is 552 g/mol. The fourth-order valence-corrected chi connectivity index (χ4v) is 6.58. The average Bonchev–Trinajstić information content (AvgIpc) is 3.73. The Hall–Kier alpha value is -4.67. The van der Waals surface area contributed by atoms with Crippen molar-refractivity contribution in [3.63, 3.8) is 0 Å². The van der Waals surface area contributed by atoms with Gasteiger partial charge in [0.25, 0.3) is 0 Å². The van der Waals surface area contributed by atoms with E-state index in [0.29, 0.717) is 18.6 Å². The normalized spacial score (nSPS) is 18.9. The summed E-state index contributed by atoms with van der Waals surface area (Å²) in [4.78, 5) is 35.6. The summed E-state index contributed by atoms with van der Waals surface area (Å²) in [6.45, 7) is 6.19. The predicted molar refractivity (Wildman–Crippen MR) is 157 cm³/mol. The van der Waals surface area contributed by atoms with E-state index in [1.807, 2.05) is 41.4 Å². The number of aromatic nitrogens is 6. The smallest absolute Gasteiger partial charge is 0.322 e. The molecule has 3 amide bonds. The van der Waals surface area contributed by atoms with Gasteiger partial charge in [0.05, 0.1) is 34.7 Å². The third kappa shape index (κ3) is 4.14. The maximum atomic E-state index is 13.6. The van der Waals surface area contributed by atoms with Crippen LogP contribution in [0.25, 0.3) is 44.3 Å². The van der Waals surface area contributed by atoms with Crippen molar-refractivity contribution in [1.82, 2.24) is 40.2 Å². The molecule has 2 aliphatic rings. The van der Waals surface area contributed by atoms with Crippen LogP contribution in [-0.4, -0.2) is 53.6 Å². The molecule has 0 spiro atoms. The molecule has 0 radical (unpaired) electrons. The van der Waals surface area contributed by atoms with Crippen molar-refractivity contribution in [2.75, 3.05) is 4.90 Å². The monoisotopic (exact) mass is 551 g/mol. The number of nitrogens with one attached hydrogen (secondary N) is 3. The number of benzene rings is 1. The zero-order chi connectivity index (χ0) is 28.4. The van der Waals surface area contributed by atoms with Crippen molar-refractivity contribution in [2.45, 2.75) is 64.7 Å². The van der Waals surface area contributed by atoms with Crippen LogP contribution in [0.4, 0.5) is 10.5 Å². The Balaban J connectivity index is 1.46. The zero-order valence-corrected chi connectivity index (χ0v) is 23.6. The van der Waals surface area contributed by atoms with E-state index in [-0.39, 0.29) is 30.1 Å². The van der Waals surface area contributed by atoms with Crippen LogP contribution in [0.3, 0.4) is 0 Å². The first-order valence-corrected chi connectivity index (χ1v) is 14.1. The quantitative estimate of drug-likeness (QED) is 0.293. The highest BCUT2D eigenvalue weighted by molar-refractivity contribution is 6.14. The van der Waals surface area contributed by atoms with E-state index < -0.39 is 0 Å². The molecule has 1 aliphatic heterocycles. The molecule has 3 N–H and O–H groups in total. The second-order valence-corrected chi connectivity index (χ2v) is 11.5. The molecular formula is C30H33N9O2. The number of H-pyrrole nitrogens is 1. The largest absolute Gasteiger partial charge is 0.354 e. The summed E-state index contributed by atoms with van der Waals surface area (Å²) >= 11 is 0. The molecule has 4 aromatic heterocycles. The molecule has 2 atom stereocenters. The lowest BCUT2D eigenvalue weighted by Gasteiger charge is -2.35. The van der Waals surface area contributed by atoms with Crippen LogP contribution in [0, 0.1) is 0 Å². The van der Waals surface area contributed by atoms with Gasteiger partial charge in [-0.1, -0.05) is 6.07 Å². The highest BCUT2D eigenvalue weighted by Crippen LogP contribution is 2.46. The summed E-state index contributed by atoms with van der Waals surface area (Å²) in [5.74, 6) is -0.0454. The maximum Gasteiger partial charge on any atom is 0.322 e. The minimum atomic E-state index is -0.123. The summed E-state index contributed by atoms with van der Waals surface area (Å²) in [6.07, 6.45) is 9.92. The summed E-state index contributed by atoms with van der Waals surface area (Å²) < 4.78 is 3.81. The fourth-order valence-electron chi connectivity index (χ4n) is 6.58. The molecule has 41 heavy (non-hydrogen) atoms. The van der Waals surface area contributed by atoms with E-state index in [9.17, 15) is 9.59 Å². The first kappa shape index (κ1) is 25.3. The molecule has 0 saturated heterocycles. The van der Waals surface area contributed by atoms with Crippen molar-refractivity contribution in [3.8, 4) is 22.4 Å². The van der Waals surface area contributed by atoms with Crippen LogP contribution in [0.15, 0.2) is 43.0 Å². The Morgan fingerprint density at radius 2 is 1.98 bits per heavy atom. The Morgan fingerprint density at radius 1 is 1.12 bits per heavy atom. The van der Waals surface area contributed by atoms with Crippen LogP contribution < -0.4 is 15.5 Å². The molecule has 5 aromatic rings. The number of pyridine rings is 1. The minimum Gasteiger partial charge on any atom is -0.354 e. The van der Waals surface area contributed by atoms with Crippen molar-refractivity contribution in [3.05, 3.63) is 48.5 Å². The summed E-state index contributed by atoms with van der Waals surface area (Å²) in [5, 5.41) is 17.1. The number of carbonyl (C=O) groups is 2. The Bertz CT molecular complexity index is 1830. The van der Waals surface area contributed by atoms with E-state index >= 15 is 0 Å². The maximum absolute atomic E-state index is 13.6. The SMILES string of the molecule is CC(=O)N[C@@H]1CC[C@@H](N2C(=O)NCc3cnc4[nH]c(-c5cnn(C)c5)c(-c5ccc6c(cnn6C(C)C)c5)c4c32)C1. The lowest BCUT2D eigenvalue weighted by atomic mass is 9.96. The number of aryl methyl sites for hydroxylation is 1. The third-order valence-corrected chi connectivity index (χ3v) is 8.30. The van der Waals surface area contributed by atoms with Crippen LogP contribution in [0.5, 0.6) is 0 Å². The lowest BCUT2D eigenvalue weighted by molar-refractivity contribution is -0.119. The van der Waals surface area contributed by atoms with Gasteiger partial charge in [0.2, 0.25) is 5.91 Å². The molecule has 1 fully saturated rings. The van der Waals surface area contributed by atoms with Gasteiger partial charge in [0.1, 0.15) is 5.65 Å². The van der Waals surface area contributed by atoms with Crippen LogP contribution in [0.1, 0.15) is 51.6 Å². The number of urea groups is 1. The Kier molecular flexibility index (Phi) is 5.84. The number of anilines is 1. The number of rotatable bonds is 5. The van der Waals surface area contributed by atoms with Crippen LogP contribution >= 0.6 is 0 Å². The van der Waals surface area contributed by atoms with E-state index in [1.54, 1.807) is 11.6 Å². The molecule has 11 nitrogen and oxygen atoms in total. The van der Waals surface area contributed by atoms with E-state index in [4.69, 9.17) is 4.98 Å². The van der Waals surface area contributed by atoms with Gasteiger partial charge in [-0.15, -0.1) is 0 Å². The van der Waals surface area contributed by atoms with Crippen LogP contribution in [-0.2, 0) is 18.4 Å². The Labute approximate surface area is 236 Å². The molecule has 7 rings (SSSR count). The second kappa shape index (κ2) is 9.46. The molecule has 1 saturated carbocycles. The summed E-state index contributed by atoms with van der Waals surface area (Å²) in [5.41, 5.74) is 7.46. The van der Waals surface area contributed by atoms with Gasteiger partial charge in [-0.25, -0.2) is 9.78 Å². The number of amides is 3. The van der Waals surface area contributed by atoms with Gasteiger partial charge >= 0.3 is 6.03 Å². The molecule has 0 unspecified atom stereocenters. The van der Waals surface area contributed by atoms with Gasteiger partial charge in [-0.05, 0) is 50.8 Å². The van der Waals surface area contributed by atoms with Crippen LogP contribution in [0.2, 0.25) is 0 Å². The van der Waals surface area contributed by atoms with Crippen molar-refractivity contribution >= 4 is 39.6 Å². The first-order chi connectivity index (χ1) is 19.8. The number of hydrogen-bond donors (Lipinski definition) is 3. The van der Waals surface area contributed by atoms with Crippen molar-refractivity contribution < 1.29 is 9.59 Å². The van der Waals surface area contributed by atoms with E-state index in [2.05, 4.69) is 57.9 Å². The number of aromatic amines is 1. The highest BCUT2D eigenvalue weighted by Gasteiger charge is 2.38. The summed E-state index contributed by atoms with van der Waals surface area (Å²) in [6, 6.07) is 6.53. The van der Waals surface area contributed by atoms with Crippen molar-refractivity contribution in [2.24, 2.45) is 7.05 Å².